The van der Waals surface area contributed by atoms with Gasteiger partial charge in [-0.25, -0.2) is 23.4 Å². The van der Waals surface area contributed by atoms with Crippen LogP contribution in [0.5, 0.6) is 5.75 Å². The average molecular weight is 414 g/mol. The van der Waals surface area contributed by atoms with Crippen LogP contribution in [-0.4, -0.2) is 65.5 Å². The number of benzene rings is 1. The van der Waals surface area contributed by atoms with E-state index < -0.39 is 10.0 Å². The van der Waals surface area contributed by atoms with E-state index in [4.69, 9.17) is 4.74 Å². The molecule has 3 aromatic rings. The topological polar surface area (TPSA) is 93.5 Å². The van der Waals surface area contributed by atoms with Crippen molar-refractivity contribution in [3.05, 3.63) is 54.9 Å². The number of nitrogens with zero attached hydrogens (tertiary/aromatic N) is 6. The largest absolute Gasteiger partial charge is 0.497 e. The molecule has 0 unspecified atom stereocenters. The van der Waals surface area contributed by atoms with Gasteiger partial charge in [0.15, 0.2) is 0 Å². The van der Waals surface area contributed by atoms with Gasteiger partial charge in [-0.3, -0.25) is 4.57 Å². The zero-order valence-corrected chi connectivity index (χ0v) is 17.1. The maximum absolute atomic E-state index is 12.9. The van der Waals surface area contributed by atoms with Crippen molar-refractivity contribution in [1.29, 1.82) is 0 Å². The average Bonchev–Trinajstić information content (AvgIpc) is 3.20. The summed E-state index contributed by atoms with van der Waals surface area (Å²) in [5, 5.41) is 0. The van der Waals surface area contributed by atoms with Crippen molar-refractivity contribution in [2.24, 2.45) is 0 Å². The Bertz CT molecular complexity index is 1090. The molecule has 0 aliphatic carbocycles. The van der Waals surface area contributed by atoms with Crippen LogP contribution in [0.4, 0.5) is 5.82 Å². The van der Waals surface area contributed by atoms with E-state index in [1.807, 2.05) is 23.8 Å². The Balaban J connectivity index is 1.47. The molecular formula is C19H22N6O3S. The lowest BCUT2D eigenvalue weighted by molar-refractivity contribution is 0.383. The SMILES string of the molecule is COc1ccc(S(=O)(=O)N2CCN(c3cc(-n4ccnc4C)ncn3)CC2)cc1. The van der Waals surface area contributed by atoms with Crippen molar-refractivity contribution in [2.45, 2.75) is 11.8 Å². The monoisotopic (exact) mass is 414 g/mol. The predicted molar refractivity (Wildman–Crippen MR) is 108 cm³/mol. The number of hydrogen-bond acceptors (Lipinski definition) is 7. The van der Waals surface area contributed by atoms with E-state index in [-0.39, 0.29) is 4.90 Å². The van der Waals surface area contributed by atoms with Gasteiger partial charge in [0, 0.05) is 44.6 Å². The second kappa shape index (κ2) is 7.80. The van der Waals surface area contributed by atoms with Gasteiger partial charge < -0.3 is 9.64 Å². The summed E-state index contributed by atoms with van der Waals surface area (Å²) in [5.41, 5.74) is 0. The second-order valence-corrected chi connectivity index (χ2v) is 8.58. The standard InChI is InChI=1S/C19H22N6O3S/c1-15-20-7-8-25(15)19-13-18(21-14-22-19)23-9-11-24(12-10-23)29(26,27)17-5-3-16(28-2)4-6-17/h3-8,13-14H,9-12H2,1-2H3. The molecule has 0 atom stereocenters. The second-order valence-electron chi connectivity index (χ2n) is 6.65. The Hall–Kier alpha value is -2.98. The van der Waals surface area contributed by atoms with Crippen molar-refractivity contribution in [1.82, 2.24) is 23.8 Å². The first kappa shape index (κ1) is 19.3. The fraction of sp³-hybridized carbons (Fsp3) is 0.316. The van der Waals surface area contributed by atoms with Crippen LogP contribution in [0.1, 0.15) is 5.82 Å². The number of methoxy groups -OCH3 is 1. The predicted octanol–water partition coefficient (Wildman–Crippen LogP) is 1.49. The van der Waals surface area contributed by atoms with Gasteiger partial charge in [0.1, 0.15) is 29.5 Å². The van der Waals surface area contributed by atoms with Crippen LogP contribution in [0.15, 0.2) is 53.9 Å². The molecule has 1 aliphatic rings. The molecule has 0 saturated carbocycles. The minimum absolute atomic E-state index is 0.270. The number of sulfonamides is 1. The summed E-state index contributed by atoms with van der Waals surface area (Å²) in [6, 6.07) is 8.35. The van der Waals surface area contributed by atoms with Crippen LogP contribution < -0.4 is 9.64 Å². The Kier molecular flexibility index (Phi) is 5.20. The molecule has 3 heterocycles. The Morgan fingerprint density at radius 1 is 0.966 bits per heavy atom. The highest BCUT2D eigenvalue weighted by Crippen LogP contribution is 2.22. The Morgan fingerprint density at radius 3 is 2.28 bits per heavy atom. The van der Waals surface area contributed by atoms with Gasteiger partial charge in [-0.05, 0) is 31.2 Å². The number of anilines is 1. The van der Waals surface area contributed by atoms with Crippen LogP contribution in [-0.2, 0) is 10.0 Å². The van der Waals surface area contributed by atoms with Crippen molar-refractivity contribution in [2.75, 3.05) is 38.2 Å². The maximum atomic E-state index is 12.9. The first-order valence-electron chi connectivity index (χ1n) is 9.20. The van der Waals surface area contributed by atoms with Gasteiger partial charge in [0.05, 0.1) is 12.0 Å². The molecule has 0 spiro atoms. The van der Waals surface area contributed by atoms with E-state index in [1.54, 1.807) is 37.6 Å². The van der Waals surface area contributed by atoms with E-state index in [2.05, 4.69) is 19.9 Å². The van der Waals surface area contributed by atoms with Gasteiger partial charge in [0.2, 0.25) is 10.0 Å². The molecule has 10 heteroatoms. The quantitative estimate of drug-likeness (QED) is 0.624. The van der Waals surface area contributed by atoms with Crippen molar-refractivity contribution in [3.8, 4) is 11.6 Å². The number of ether oxygens (including phenoxy) is 1. The molecule has 1 fully saturated rings. The summed E-state index contributed by atoms with van der Waals surface area (Å²) in [6.07, 6.45) is 5.09. The third kappa shape index (κ3) is 3.81. The number of piperazine rings is 1. The molecule has 0 bridgehead atoms. The van der Waals surface area contributed by atoms with E-state index in [9.17, 15) is 8.42 Å². The Morgan fingerprint density at radius 2 is 1.66 bits per heavy atom. The van der Waals surface area contributed by atoms with Gasteiger partial charge in [0.25, 0.3) is 0 Å². The number of hydrogen-bond donors (Lipinski definition) is 0. The lowest BCUT2D eigenvalue weighted by Crippen LogP contribution is -2.48. The van der Waals surface area contributed by atoms with Crippen LogP contribution in [0, 0.1) is 6.92 Å². The maximum Gasteiger partial charge on any atom is 0.243 e. The minimum Gasteiger partial charge on any atom is -0.497 e. The highest BCUT2D eigenvalue weighted by Gasteiger charge is 2.29. The zero-order valence-electron chi connectivity index (χ0n) is 16.3. The highest BCUT2D eigenvalue weighted by molar-refractivity contribution is 7.89. The fourth-order valence-corrected chi connectivity index (χ4v) is 4.74. The number of rotatable bonds is 5. The van der Waals surface area contributed by atoms with E-state index in [0.717, 1.165) is 17.5 Å². The smallest absolute Gasteiger partial charge is 0.243 e. The van der Waals surface area contributed by atoms with Crippen LogP contribution in [0.3, 0.4) is 0 Å². The lowest BCUT2D eigenvalue weighted by atomic mass is 10.3. The molecular weight excluding hydrogens is 392 g/mol. The molecule has 0 amide bonds. The summed E-state index contributed by atoms with van der Waals surface area (Å²) in [5.74, 6) is 2.97. The third-order valence-corrected chi connectivity index (χ3v) is 6.88. The van der Waals surface area contributed by atoms with E-state index in [0.29, 0.717) is 31.9 Å². The lowest BCUT2D eigenvalue weighted by Gasteiger charge is -2.34. The van der Waals surface area contributed by atoms with Gasteiger partial charge >= 0.3 is 0 Å². The molecule has 9 nitrogen and oxygen atoms in total. The molecule has 2 aromatic heterocycles. The van der Waals surface area contributed by atoms with E-state index in [1.165, 1.54) is 10.6 Å². The van der Waals surface area contributed by atoms with Crippen molar-refractivity contribution < 1.29 is 13.2 Å². The third-order valence-electron chi connectivity index (χ3n) is 4.97. The van der Waals surface area contributed by atoms with Gasteiger partial charge in [-0.1, -0.05) is 0 Å². The summed E-state index contributed by atoms with van der Waals surface area (Å²) >= 11 is 0. The summed E-state index contributed by atoms with van der Waals surface area (Å²) in [7, 11) is -1.98. The summed E-state index contributed by atoms with van der Waals surface area (Å²) in [6.45, 7) is 3.78. The molecule has 0 N–H and O–H groups in total. The van der Waals surface area contributed by atoms with Crippen LogP contribution in [0.2, 0.25) is 0 Å². The van der Waals surface area contributed by atoms with Crippen molar-refractivity contribution in [3.63, 3.8) is 0 Å². The molecule has 29 heavy (non-hydrogen) atoms. The highest BCUT2D eigenvalue weighted by atomic mass is 32.2. The van der Waals surface area contributed by atoms with Crippen LogP contribution in [0.25, 0.3) is 5.82 Å². The zero-order chi connectivity index (χ0) is 20.4. The molecule has 1 saturated heterocycles. The minimum atomic E-state index is -3.54. The molecule has 0 radical (unpaired) electrons. The summed E-state index contributed by atoms with van der Waals surface area (Å²) in [4.78, 5) is 15.2. The molecule has 1 aliphatic heterocycles. The Labute approximate surface area is 169 Å². The molecule has 4 rings (SSSR count). The van der Waals surface area contributed by atoms with Gasteiger partial charge in [-0.2, -0.15) is 4.31 Å². The molecule has 1 aromatic carbocycles. The normalized spacial score (nSPS) is 15.4. The summed E-state index contributed by atoms with van der Waals surface area (Å²) < 4.78 is 34.3. The number of imidazole rings is 1. The van der Waals surface area contributed by atoms with Crippen LogP contribution >= 0.6 is 0 Å². The van der Waals surface area contributed by atoms with Crippen molar-refractivity contribution >= 4 is 15.8 Å². The first-order chi connectivity index (χ1) is 14.0. The first-order valence-corrected chi connectivity index (χ1v) is 10.6. The number of aryl methyl sites for hydroxylation is 1. The fourth-order valence-electron chi connectivity index (χ4n) is 3.32. The number of aromatic nitrogens is 4. The van der Waals surface area contributed by atoms with Gasteiger partial charge in [-0.15, -0.1) is 0 Å². The van der Waals surface area contributed by atoms with E-state index >= 15 is 0 Å². The molecule has 152 valence electrons.